The zero-order chi connectivity index (χ0) is 21.6. The molecule has 4 rings (SSSR count). The molecule has 1 aromatic carbocycles. The second-order valence-electron chi connectivity index (χ2n) is 7.51. The van der Waals surface area contributed by atoms with E-state index in [0.717, 1.165) is 33.3 Å². The quantitative estimate of drug-likeness (QED) is 0.590. The van der Waals surface area contributed by atoms with Gasteiger partial charge in [0.2, 0.25) is 11.8 Å². The van der Waals surface area contributed by atoms with E-state index in [1.54, 1.807) is 22.7 Å². The fourth-order valence-electron chi connectivity index (χ4n) is 3.67. The Morgan fingerprint density at radius 1 is 1.06 bits per heavy atom. The smallest absolute Gasteiger partial charge is 0.238 e. The first-order valence-corrected chi connectivity index (χ1v) is 12.2. The molecule has 8 heteroatoms. The fourth-order valence-corrected chi connectivity index (χ4v) is 5.30. The van der Waals surface area contributed by atoms with Crippen molar-refractivity contribution in [1.29, 1.82) is 0 Å². The number of nitrogens with one attached hydrogen (secondary N) is 1. The van der Waals surface area contributed by atoms with Crippen LogP contribution in [0.3, 0.4) is 0 Å². The van der Waals surface area contributed by atoms with Crippen molar-refractivity contribution in [2.45, 2.75) is 19.8 Å². The second-order valence-corrected chi connectivity index (χ2v) is 9.32. The highest BCUT2D eigenvalue weighted by molar-refractivity contribution is 7.20. The predicted molar refractivity (Wildman–Crippen MR) is 127 cm³/mol. The van der Waals surface area contributed by atoms with E-state index >= 15 is 0 Å². The van der Waals surface area contributed by atoms with Gasteiger partial charge in [-0.25, -0.2) is 4.98 Å². The summed E-state index contributed by atoms with van der Waals surface area (Å²) in [7, 11) is 0. The molecule has 0 aliphatic carbocycles. The number of thiophene rings is 1. The number of hydrogen-bond acceptors (Lipinski definition) is 6. The number of anilines is 1. The summed E-state index contributed by atoms with van der Waals surface area (Å²) in [6.07, 6.45) is 1.21. The number of rotatable bonds is 7. The van der Waals surface area contributed by atoms with Crippen molar-refractivity contribution in [3.8, 4) is 9.88 Å². The Kier molecular flexibility index (Phi) is 7.11. The zero-order valence-corrected chi connectivity index (χ0v) is 19.2. The molecular weight excluding hydrogens is 428 g/mol. The highest BCUT2D eigenvalue weighted by Gasteiger charge is 2.23. The van der Waals surface area contributed by atoms with Crippen molar-refractivity contribution in [3.63, 3.8) is 0 Å². The van der Waals surface area contributed by atoms with Gasteiger partial charge in [-0.1, -0.05) is 31.2 Å². The summed E-state index contributed by atoms with van der Waals surface area (Å²) in [5.74, 6) is 0.0910. The monoisotopic (exact) mass is 454 g/mol. The van der Waals surface area contributed by atoms with Gasteiger partial charge in [0.1, 0.15) is 5.01 Å². The second kappa shape index (κ2) is 10.2. The standard InChI is InChI=1S/C23H26N4O2S2/c1-2-17-6-3-4-7-19(17)25-21(28)15-26-9-11-27(12-10-26)22(29)14-18-16-31-23(24-18)20-8-5-13-30-20/h3-8,13,16H,2,9-12,14-15H2,1H3,(H,25,28). The maximum Gasteiger partial charge on any atom is 0.238 e. The molecule has 1 aliphatic rings. The van der Waals surface area contributed by atoms with Crippen LogP contribution < -0.4 is 5.32 Å². The zero-order valence-electron chi connectivity index (χ0n) is 17.5. The number of carbonyl (C=O) groups is 2. The first-order valence-electron chi connectivity index (χ1n) is 10.5. The molecule has 0 spiro atoms. The number of para-hydroxylation sites is 1. The molecule has 31 heavy (non-hydrogen) atoms. The van der Waals surface area contributed by atoms with Crippen LogP contribution in [0.25, 0.3) is 9.88 Å². The normalized spacial score (nSPS) is 14.5. The van der Waals surface area contributed by atoms with Gasteiger partial charge in [-0.15, -0.1) is 22.7 Å². The minimum absolute atomic E-state index is 0.00995. The van der Waals surface area contributed by atoms with Crippen LogP contribution in [0.1, 0.15) is 18.2 Å². The number of benzene rings is 1. The summed E-state index contributed by atoms with van der Waals surface area (Å²) in [6, 6.07) is 11.9. The van der Waals surface area contributed by atoms with Crippen molar-refractivity contribution >= 4 is 40.2 Å². The molecule has 162 valence electrons. The van der Waals surface area contributed by atoms with E-state index in [1.807, 2.05) is 52.1 Å². The predicted octanol–water partition coefficient (Wildman–Crippen LogP) is 3.76. The Bertz CT molecular complexity index is 1020. The molecule has 1 saturated heterocycles. The molecule has 0 bridgehead atoms. The Hall–Kier alpha value is -2.55. The van der Waals surface area contributed by atoms with Crippen molar-refractivity contribution in [2.24, 2.45) is 0 Å². The molecule has 1 aliphatic heterocycles. The molecule has 0 unspecified atom stereocenters. The third-order valence-electron chi connectivity index (χ3n) is 5.38. The Labute approximate surface area is 190 Å². The number of nitrogens with zero attached hydrogens (tertiary/aromatic N) is 3. The van der Waals surface area contributed by atoms with E-state index in [2.05, 4.69) is 22.1 Å². The number of thiazole rings is 1. The Morgan fingerprint density at radius 2 is 1.87 bits per heavy atom. The van der Waals surface area contributed by atoms with Gasteiger partial charge in [-0.05, 0) is 29.5 Å². The molecule has 6 nitrogen and oxygen atoms in total. The van der Waals surface area contributed by atoms with E-state index in [0.29, 0.717) is 39.1 Å². The van der Waals surface area contributed by atoms with Gasteiger partial charge in [0, 0.05) is 37.2 Å². The third-order valence-corrected chi connectivity index (χ3v) is 7.31. The van der Waals surface area contributed by atoms with Crippen molar-refractivity contribution in [1.82, 2.24) is 14.8 Å². The number of aromatic nitrogens is 1. The topological polar surface area (TPSA) is 65.5 Å². The van der Waals surface area contributed by atoms with Crippen molar-refractivity contribution in [3.05, 3.63) is 58.4 Å². The number of hydrogen-bond donors (Lipinski definition) is 1. The number of aryl methyl sites for hydroxylation is 1. The summed E-state index contributed by atoms with van der Waals surface area (Å²) >= 11 is 3.24. The van der Waals surface area contributed by atoms with Gasteiger partial charge >= 0.3 is 0 Å². The molecule has 3 aromatic rings. The van der Waals surface area contributed by atoms with E-state index < -0.39 is 0 Å². The van der Waals surface area contributed by atoms with Gasteiger partial charge in [-0.3, -0.25) is 14.5 Å². The highest BCUT2D eigenvalue weighted by Crippen LogP contribution is 2.28. The molecule has 0 radical (unpaired) electrons. The molecule has 0 saturated carbocycles. The van der Waals surface area contributed by atoms with Crippen LogP contribution in [0.2, 0.25) is 0 Å². The summed E-state index contributed by atoms with van der Waals surface area (Å²) < 4.78 is 0. The van der Waals surface area contributed by atoms with E-state index in [1.165, 1.54) is 0 Å². The first kappa shape index (κ1) is 21.7. The van der Waals surface area contributed by atoms with E-state index in [9.17, 15) is 9.59 Å². The van der Waals surface area contributed by atoms with Crippen molar-refractivity contribution in [2.75, 3.05) is 38.0 Å². The Balaban J connectivity index is 1.24. The molecular formula is C23H26N4O2S2. The van der Waals surface area contributed by atoms with Gasteiger partial charge in [0.25, 0.3) is 0 Å². The lowest BCUT2D eigenvalue weighted by atomic mass is 10.1. The Morgan fingerprint density at radius 3 is 2.61 bits per heavy atom. The summed E-state index contributed by atoms with van der Waals surface area (Å²) in [6.45, 7) is 5.10. The maximum absolute atomic E-state index is 12.7. The van der Waals surface area contributed by atoms with Gasteiger partial charge in [0.05, 0.1) is 23.5 Å². The lowest BCUT2D eigenvalue weighted by Gasteiger charge is -2.34. The largest absolute Gasteiger partial charge is 0.340 e. The lowest BCUT2D eigenvalue weighted by molar-refractivity contribution is -0.132. The fraction of sp³-hybridized carbons (Fsp3) is 0.348. The molecule has 1 N–H and O–H groups in total. The molecule has 2 aromatic heterocycles. The van der Waals surface area contributed by atoms with Gasteiger partial charge in [-0.2, -0.15) is 0 Å². The van der Waals surface area contributed by atoms with Crippen LogP contribution in [0.15, 0.2) is 47.2 Å². The SMILES string of the molecule is CCc1ccccc1NC(=O)CN1CCN(C(=O)Cc2csc(-c3cccs3)n2)CC1. The lowest BCUT2D eigenvalue weighted by Crippen LogP contribution is -2.50. The molecule has 3 heterocycles. The van der Waals surface area contributed by atoms with Crippen LogP contribution in [0.5, 0.6) is 0 Å². The number of piperazine rings is 1. The van der Waals surface area contributed by atoms with Crippen LogP contribution >= 0.6 is 22.7 Å². The minimum Gasteiger partial charge on any atom is -0.340 e. The summed E-state index contributed by atoms with van der Waals surface area (Å²) in [4.78, 5) is 34.9. The van der Waals surface area contributed by atoms with Crippen LogP contribution in [-0.2, 0) is 22.4 Å². The highest BCUT2D eigenvalue weighted by atomic mass is 32.1. The summed E-state index contributed by atoms with van der Waals surface area (Å²) in [5.41, 5.74) is 2.85. The molecule has 2 amide bonds. The number of carbonyl (C=O) groups excluding carboxylic acids is 2. The number of amides is 2. The summed E-state index contributed by atoms with van der Waals surface area (Å²) in [5, 5.41) is 8.00. The van der Waals surface area contributed by atoms with Crippen molar-refractivity contribution < 1.29 is 9.59 Å². The van der Waals surface area contributed by atoms with Crippen LogP contribution in [0, 0.1) is 0 Å². The van der Waals surface area contributed by atoms with Gasteiger partial charge < -0.3 is 10.2 Å². The minimum atomic E-state index is -0.00995. The maximum atomic E-state index is 12.7. The third kappa shape index (κ3) is 5.58. The molecule has 1 fully saturated rings. The van der Waals surface area contributed by atoms with Gasteiger partial charge in [0.15, 0.2) is 0 Å². The van der Waals surface area contributed by atoms with Crippen LogP contribution in [-0.4, -0.2) is 59.3 Å². The van der Waals surface area contributed by atoms with E-state index in [-0.39, 0.29) is 11.8 Å². The first-order chi connectivity index (χ1) is 15.1. The van der Waals surface area contributed by atoms with E-state index in [4.69, 9.17) is 0 Å². The molecule has 0 atom stereocenters. The average molecular weight is 455 g/mol. The van der Waals surface area contributed by atoms with Crippen LogP contribution in [0.4, 0.5) is 5.69 Å². The average Bonchev–Trinajstić information content (AvgIpc) is 3.46.